The van der Waals surface area contributed by atoms with Crippen molar-refractivity contribution in [3.63, 3.8) is 0 Å². The van der Waals surface area contributed by atoms with Crippen molar-refractivity contribution >= 4 is 29.8 Å². The summed E-state index contributed by atoms with van der Waals surface area (Å²) in [6.07, 6.45) is 0.762. The zero-order valence-corrected chi connectivity index (χ0v) is 38.0. The predicted molar refractivity (Wildman–Crippen MR) is 253 cm³/mol. The van der Waals surface area contributed by atoms with Crippen LogP contribution in [0.2, 0.25) is 0 Å². The van der Waals surface area contributed by atoms with Crippen molar-refractivity contribution in [3.05, 3.63) is 192 Å². The molecule has 0 aliphatic carbocycles. The lowest BCUT2D eigenvalue weighted by Gasteiger charge is -2.14. The molecule has 0 N–H and O–H groups in total. The number of rotatable bonds is 19. The maximum Gasteiger partial charge on any atom is 0.347 e. The summed E-state index contributed by atoms with van der Waals surface area (Å²) in [5.41, 5.74) is 2.88. The molecule has 14 nitrogen and oxygen atoms in total. The molecule has 1 unspecified atom stereocenters. The highest BCUT2D eigenvalue weighted by Crippen LogP contribution is 2.29. The van der Waals surface area contributed by atoms with Gasteiger partial charge in [-0.25, -0.2) is 24.0 Å². The molecule has 0 amide bonds. The third-order valence-electron chi connectivity index (χ3n) is 10.3. The van der Waals surface area contributed by atoms with Gasteiger partial charge >= 0.3 is 29.8 Å². The van der Waals surface area contributed by atoms with E-state index >= 15 is 0 Å². The Morgan fingerprint density at radius 3 is 1.09 bits per heavy atom. The Morgan fingerprint density at radius 2 is 0.739 bits per heavy atom. The zero-order chi connectivity index (χ0) is 48.7. The Hall–Kier alpha value is -8.75. The first-order valence-corrected chi connectivity index (χ1v) is 21.7. The Labute approximate surface area is 397 Å². The lowest BCUT2D eigenvalue weighted by atomic mass is 10.1. The van der Waals surface area contributed by atoms with Gasteiger partial charge in [0.05, 0.1) is 49.2 Å². The summed E-state index contributed by atoms with van der Waals surface area (Å²) in [5.74, 6) is -0.349. The molecule has 0 heterocycles. The van der Waals surface area contributed by atoms with Crippen molar-refractivity contribution in [3.8, 4) is 57.1 Å². The molecule has 350 valence electrons. The van der Waals surface area contributed by atoms with Crippen LogP contribution in [-0.4, -0.2) is 63.4 Å². The van der Waals surface area contributed by atoms with Crippen LogP contribution in [0.3, 0.4) is 0 Å². The van der Waals surface area contributed by atoms with Crippen molar-refractivity contribution in [1.82, 2.24) is 0 Å². The molecule has 7 rings (SSSR count). The van der Waals surface area contributed by atoms with Gasteiger partial charge in [0, 0.05) is 19.1 Å². The molecule has 0 aromatic heterocycles. The highest BCUT2D eigenvalue weighted by molar-refractivity contribution is 5.96. The van der Waals surface area contributed by atoms with Crippen molar-refractivity contribution in [2.75, 3.05) is 27.4 Å². The minimum atomic E-state index is -0.665. The molecule has 7 aromatic carbocycles. The van der Waals surface area contributed by atoms with E-state index in [1.54, 1.807) is 91.0 Å². The van der Waals surface area contributed by atoms with Crippen LogP contribution in [0, 0.1) is 0 Å². The Kier molecular flexibility index (Phi) is 16.1. The second kappa shape index (κ2) is 23.1. The number of carbonyl (C=O) groups is 5. The van der Waals surface area contributed by atoms with Crippen molar-refractivity contribution < 1.29 is 66.6 Å². The van der Waals surface area contributed by atoms with E-state index in [0.717, 1.165) is 11.1 Å². The Morgan fingerprint density at radius 1 is 0.406 bits per heavy atom. The van der Waals surface area contributed by atoms with Crippen molar-refractivity contribution in [1.29, 1.82) is 0 Å². The molecule has 7 aromatic rings. The van der Waals surface area contributed by atoms with Gasteiger partial charge in [-0.3, -0.25) is 0 Å². The van der Waals surface area contributed by atoms with Gasteiger partial charge in [0.1, 0.15) is 51.6 Å². The third-order valence-corrected chi connectivity index (χ3v) is 10.3. The summed E-state index contributed by atoms with van der Waals surface area (Å²) in [6, 6.07) is 42.9. The van der Waals surface area contributed by atoms with Gasteiger partial charge in [-0.2, -0.15) is 0 Å². The van der Waals surface area contributed by atoms with Gasteiger partial charge in [0.25, 0.3) is 0 Å². The fourth-order valence-corrected chi connectivity index (χ4v) is 6.60. The third kappa shape index (κ3) is 13.2. The van der Waals surface area contributed by atoms with E-state index in [2.05, 4.69) is 0 Å². The van der Waals surface area contributed by atoms with E-state index < -0.39 is 29.8 Å². The number of methoxy groups -OCH3 is 2. The molecule has 0 saturated carbocycles. The first-order valence-electron chi connectivity index (χ1n) is 21.7. The van der Waals surface area contributed by atoms with Crippen LogP contribution in [0.15, 0.2) is 164 Å². The van der Waals surface area contributed by atoms with Crippen LogP contribution in [-0.2, 0) is 4.74 Å². The normalized spacial score (nSPS) is 11.1. The van der Waals surface area contributed by atoms with Crippen LogP contribution >= 0.6 is 0 Å². The van der Waals surface area contributed by atoms with E-state index in [-0.39, 0.29) is 51.4 Å². The van der Waals surface area contributed by atoms with Gasteiger partial charge < -0.3 is 42.6 Å². The van der Waals surface area contributed by atoms with E-state index in [4.69, 9.17) is 42.6 Å². The molecule has 0 radical (unpaired) electrons. The maximum atomic E-state index is 13.0. The van der Waals surface area contributed by atoms with Crippen LogP contribution < -0.4 is 37.9 Å². The Balaban J connectivity index is 0.849. The highest BCUT2D eigenvalue weighted by atomic mass is 16.6. The average Bonchev–Trinajstić information content (AvgIpc) is 3.37. The first-order chi connectivity index (χ1) is 33.5. The van der Waals surface area contributed by atoms with Crippen LogP contribution in [0.1, 0.15) is 72.1 Å². The topological polar surface area (TPSA) is 168 Å². The van der Waals surface area contributed by atoms with Crippen molar-refractivity contribution in [2.45, 2.75) is 26.4 Å². The van der Waals surface area contributed by atoms with Crippen LogP contribution in [0.5, 0.6) is 46.0 Å². The molecule has 14 heteroatoms. The number of hydrogen-bond donors (Lipinski definition) is 0. The number of carbonyl (C=O) groups excluding carboxylic acids is 5. The number of benzene rings is 7. The minimum Gasteiger partial charge on any atom is -0.497 e. The molecule has 0 saturated heterocycles. The fourth-order valence-electron chi connectivity index (χ4n) is 6.60. The Bertz CT molecular complexity index is 2870. The summed E-state index contributed by atoms with van der Waals surface area (Å²) in [5, 5.41) is 0. The molecular weight excluding hydrogens is 885 g/mol. The minimum absolute atomic E-state index is 0.0589. The molecule has 0 bridgehead atoms. The lowest BCUT2D eigenvalue weighted by molar-refractivity contribution is 0.0595. The SMILES string of the molecule is CCOC(C)CCOc1ccc(C(=O)Oc2ccc(C(=O)Oc3ccc(C(=O)Oc4ccc(-c5ccc(OC(=O)c6ccc(OC(=O)c7ccc(OC)cc7)cc6)cc5)cc4)cc3)cc2)c(OC)c1. The summed E-state index contributed by atoms with van der Waals surface area (Å²) in [6.45, 7) is 4.97. The van der Waals surface area contributed by atoms with Crippen molar-refractivity contribution in [2.24, 2.45) is 0 Å². The van der Waals surface area contributed by atoms with Crippen LogP contribution in [0.4, 0.5) is 0 Å². The molecule has 0 spiro atoms. The quantitative estimate of drug-likeness (QED) is 0.0555. The van der Waals surface area contributed by atoms with Gasteiger partial charge in [-0.15, -0.1) is 0 Å². The monoisotopic (exact) mass is 930 g/mol. The van der Waals surface area contributed by atoms with Gasteiger partial charge in [0.2, 0.25) is 0 Å². The van der Waals surface area contributed by atoms with Crippen LogP contribution in [0.25, 0.3) is 11.1 Å². The summed E-state index contributed by atoms with van der Waals surface area (Å²) in [7, 11) is 2.98. The standard InChI is InChI=1S/C55H46O14/c1-5-63-35(2)32-33-64-48-30-31-49(50(34-48)62-4)55(60)69-47-28-16-41(17-29-47)54(59)68-46-26-14-40(15-27-46)53(58)66-44-22-8-37(9-23-44)36-6-20-43(21-7-36)65-52(57)39-12-24-45(25-13-39)67-51(56)38-10-18-42(61-3)19-11-38/h6-31,34-35H,5,32-33H2,1-4H3. The maximum absolute atomic E-state index is 13.0. The molecule has 0 fully saturated rings. The molecule has 69 heavy (non-hydrogen) atoms. The van der Waals surface area contributed by atoms with E-state index in [0.29, 0.717) is 48.2 Å². The fraction of sp³-hybridized carbons (Fsp3) is 0.145. The number of esters is 5. The van der Waals surface area contributed by atoms with E-state index in [1.807, 2.05) is 13.8 Å². The summed E-state index contributed by atoms with van der Waals surface area (Å²) >= 11 is 0. The summed E-state index contributed by atoms with van der Waals surface area (Å²) < 4.78 is 49.4. The molecular formula is C55H46O14. The van der Waals surface area contributed by atoms with Gasteiger partial charge in [0.15, 0.2) is 0 Å². The molecule has 0 aliphatic heterocycles. The molecule has 0 aliphatic rings. The summed E-state index contributed by atoms with van der Waals surface area (Å²) in [4.78, 5) is 64.2. The van der Waals surface area contributed by atoms with Gasteiger partial charge in [-0.1, -0.05) is 24.3 Å². The number of ether oxygens (including phenoxy) is 9. The van der Waals surface area contributed by atoms with E-state index in [9.17, 15) is 24.0 Å². The van der Waals surface area contributed by atoms with Gasteiger partial charge in [-0.05, 0) is 158 Å². The first kappa shape index (κ1) is 48.2. The van der Waals surface area contributed by atoms with E-state index in [1.165, 1.54) is 87.0 Å². The second-order valence-electron chi connectivity index (χ2n) is 15.1. The average molecular weight is 931 g/mol. The molecule has 1 atom stereocenters. The number of hydrogen-bond acceptors (Lipinski definition) is 14. The lowest BCUT2D eigenvalue weighted by Crippen LogP contribution is -2.13. The smallest absolute Gasteiger partial charge is 0.347 e. The second-order valence-corrected chi connectivity index (χ2v) is 15.1. The highest BCUT2D eigenvalue weighted by Gasteiger charge is 2.18. The zero-order valence-electron chi connectivity index (χ0n) is 38.0. The predicted octanol–water partition coefficient (Wildman–Crippen LogP) is 10.7. The largest absolute Gasteiger partial charge is 0.497 e.